The minimum absolute atomic E-state index is 0.0415. The van der Waals surface area contributed by atoms with Crippen molar-refractivity contribution < 1.29 is 17.5 Å². The first-order valence-corrected chi connectivity index (χ1v) is 5.23. The van der Waals surface area contributed by atoms with Gasteiger partial charge in [-0.1, -0.05) is 0 Å². The van der Waals surface area contributed by atoms with E-state index in [0.29, 0.717) is 0 Å². The average molecular weight is 204 g/mol. The van der Waals surface area contributed by atoms with Crippen LogP contribution in [0.25, 0.3) is 0 Å². The third-order valence-corrected chi connectivity index (χ3v) is 2.45. The Labute approximate surface area is 78.8 Å². The Morgan fingerprint density at radius 3 is 1.77 bits per heavy atom. The quantitative estimate of drug-likeness (QED) is 0.521. The summed E-state index contributed by atoms with van der Waals surface area (Å²) in [6, 6.07) is 0. The summed E-state index contributed by atoms with van der Waals surface area (Å²) in [5.41, 5.74) is 0. The summed E-state index contributed by atoms with van der Waals surface area (Å²) in [6.07, 6.45) is 4.47. The summed E-state index contributed by atoms with van der Waals surface area (Å²) in [5.74, 6) is -0.350. The molecule has 0 aromatic rings. The van der Waals surface area contributed by atoms with Crippen molar-refractivity contribution >= 4 is 10.1 Å². The van der Waals surface area contributed by atoms with Gasteiger partial charge in [0.1, 0.15) is 12.3 Å². The van der Waals surface area contributed by atoms with Crippen molar-refractivity contribution in [2.45, 2.75) is 0 Å². The molecule has 0 bridgehead atoms. The van der Waals surface area contributed by atoms with Gasteiger partial charge < -0.3 is 0 Å². The first-order valence-electron chi connectivity index (χ1n) is 3.62. The maximum atomic E-state index is 10.5. The van der Waals surface area contributed by atoms with E-state index in [1.54, 1.807) is 0 Å². The van der Waals surface area contributed by atoms with Crippen LogP contribution in [0.3, 0.4) is 0 Å². The maximum Gasteiger partial charge on any atom is 0.270 e. The fraction of sp³-hybridized carbons (Fsp3) is 0.250. The molecule has 0 aliphatic rings. The molecule has 0 spiro atoms. The van der Waals surface area contributed by atoms with Crippen LogP contribution in [0.5, 0.6) is 0 Å². The van der Waals surface area contributed by atoms with Crippen molar-refractivity contribution in [1.82, 2.24) is 0 Å². The number of hydrogen-bond donors (Lipinski definition) is 1. The molecule has 0 heterocycles. The lowest BCUT2D eigenvalue weighted by Crippen LogP contribution is -2.34. The molecule has 0 saturated carbocycles. The zero-order chi connectivity index (χ0) is 10.5. The van der Waals surface area contributed by atoms with Crippen LogP contribution in [-0.2, 0) is 10.1 Å². The van der Waals surface area contributed by atoms with Crippen LogP contribution in [-0.4, -0.2) is 29.8 Å². The monoisotopic (exact) mass is 204 g/mol. The van der Waals surface area contributed by atoms with E-state index in [-0.39, 0.29) is 16.8 Å². The van der Waals surface area contributed by atoms with Gasteiger partial charge in [0.15, 0.2) is 0 Å². The standard InChI is InChI=1S/C8H13NO3S/c1-4-9(5-2,6-3)7-8-13(10,11)12/h4-6H,1-3,7-8H2/p+1. The van der Waals surface area contributed by atoms with Gasteiger partial charge in [-0.05, 0) is 19.7 Å². The van der Waals surface area contributed by atoms with Gasteiger partial charge in [-0.15, -0.1) is 0 Å². The second-order valence-corrected chi connectivity index (χ2v) is 4.12. The van der Waals surface area contributed by atoms with Crippen LogP contribution in [0.4, 0.5) is 0 Å². The van der Waals surface area contributed by atoms with E-state index < -0.39 is 10.1 Å². The summed E-state index contributed by atoms with van der Waals surface area (Å²) >= 11 is 0. The molecule has 0 aliphatic carbocycles. The van der Waals surface area contributed by atoms with E-state index >= 15 is 0 Å². The Morgan fingerprint density at radius 1 is 1.15 bits per heavy atom. The van der Waals surface area contributed by atoms with Crippen molar-refractivity contribution in [3.8, 4) is 0 Å². The van der Waals surface area contributed by atoms with Crippen LogP contribution in [0, 0.1) is 0 Å². The van der Waals surface area contributed by atoms with Gasteiger partial charge in [0.2, 0.25) is 0 Å². The Kier molecular flexibility index (Phi) is 4.06. The molecule has 74 valence electrons. The van der Waals surface area contributed by atoms with Crippen LogP contribution in [0.15, 0.2) is 38.3 Å². The molecule has 13 heavy (non-hydrogen) atoms. The van der Waals surface area contributed by atoms with Crippen LogP contribution >= 0.6 is 0 Å². The molecule has 0 saturated heterocycles. The summed E-state index contributed by atoms with van der Waals surface area (Å²) in [6.45, 7) is 10.7. The smallest absolute Gasteiger partial charge is 0.270 e. The average Bonchev–Trinajstić information content (AvgIpc) is 2.06. The highest BCUT2D eigenvalue weighted by molar-refractivity contribution is 7.85. The number of nitrogens with zero attached hydrogens (tertiary/aromatic N) is 1. The molecule has 0 rings (SSSR count). The Morgan fingerprint density at radius 2 is 1.54 bits per heavy atom. The normalized spacial score (nSPS) is 12.1. The van der Waals surface area contributed by atoms with E-state index in [1.165, 1.54) is 18.6 Å². The summed E-state index contributed by atoms with van der Waals surface area (Å²) < 4.78 is 29.5. The first-order chi connectivity index (χ1) is 5.89. The highest BCUT2D eigenvalue weighted by atomic mass is 32.2. The predicted octanol–water partition coefficient (Wildman–Crippen LogP) is 1.12. The third kappa shape index (κ3) is 4.02. The second-order valence-electron chi connectivity index (χ2n) is 2.55. The van der Waals surface area contributed by atoms with Crippen molar-refractivity contribution in [2.24, 2.45) is 0 Å². The van der Waals surface area contributed by atoms with Gasteiger partial charge in [0.05, 0.1) is 18.6 Å². The predicted molar refractivity (Wildman–Crippen MR) is 52.1 cm³/mol. The van der Waals surface area contributed by atoms with Gasteiger partial charge in [-0.25, -0.2) is 4.48 Å². The topological polar surface area (TPSA) is 54.4 Å². The summed E-state index contributed by atoms with van der Waals surface area (Å²) in [5, 5.41) is 0. The van der Waals surface area contributed by atoms with Crippen LogP contribution in [0.1, 0.15) is 0 Å². The minimum atomic E-state index is -3.95. The molecule has 0 aromatic carbocycles. The van der Waals surface area contributed by atoms with Crippen LogP contribution < -0.4 is 0 Å². The fourth-order valence-electron chi connectivity index (χ4n) is 0.771. The molecule has 5 heteroatoms. The minimum Gasteiger partial charge on any atom is -0.285 e. The van der Waals surface area contributed by atoms with E-state index in [4.69, 9.17) is 4.55 Å². The Balaban J connectivity index is 4.54. The molecule has 0 aromatic heterocycles. The molecule has 4 nitrogen and oxygen atoms in total. The van der Waals surface area contributed by atoms with Gasteiger partial charge in [0.25, 0.3) is 10.1 Å². The van der Waals surface area contributed by atoms with E-state index in [9.17, 15) is 8.42 Å². The Bertz CT molecular complexity index is 284. The molecule has 0 fully saturated rings. The lowest BCUT2D eigenvalue weighted by molar-refractivity contribution is -0.769. The summed E-state index contributed by atoms with van der Waals surface area (Å²) in [7, 11) is -3.95. The van der Waals surface area contributed by atoms with Crippen molar-refractivity contribution in [2.75, 3.05) is 12.3 Å². The van der Waals surface area contributed by atoms with Crippen molar-refractivity contribution in [1.29, 1.82) is 0 Å². The van der Waals surface area contributed by atoms with Crippen LogP contribution in [0.2, 0.25) is 0 Å². The van der Waals surface area contributed by atoms with Crippen molar-refractivity contribution in [3.05, 3.63) is 38.3 Å². The molecule has 0 atom stereocenters. The largest absolute Gasteiger partial charge is 0.285 e. The Hall–Kier alpha value is -0.910. The molecule has 0 radical (unpaired) electrons. The van der Waals surface area contributed by atoms with E-state index in [1.807, 2.05) is 0 Å². The van der Waals surface area contributed by atoms with E-state index in [0.717, 1.165) is 0 Å². The maximum absolute atomic E-state index is 10.5. The molecular formula is C8H14NO3S+. The fourth-order valence-corrected chi connectivity index (χ4v) is 1.32. The first kappa shape index (κ1) is 12.1. The SMILES string of the molecule is C=C[N+](C=C)(C=C)CCS(=O)(=O)O. The number of hydrogen-bond acceptors (Lipinski definition) is 2. The second kappa shape index (κ2) is 4.36. The highest BCUT2D eigenvalue weighted by Crippen LogP contribution is 2.09. The zero-order valence-electron chi connectivity index (χ0n) is 7.39. The molecule has 0 unspecified atom stereocenters. The van der Waals surface area contributed by atoms with Crippen molar-refractivity contribution in [3.63, 3.8) is 0 Å². The number of rotatable bonds is 6. The number of quaternary nitrogens is 1. The highest BCUT2D eigenvalue weighted by Gasteiger charge is 2.19. The third-order valence-electron chi connectivity index (χ3n) is 1.76. The van der Waals surface area contributed by atoms with Gasteiger partial charge in [-0.2, -0.15) is 8.42 Å². The molecule has 0 amide bonds. The summed E-state index contributed by atoms with van der Waals surface area (Å²) in [4.78, 5) is 0. The van der Waals surface area contributed by atoms with E-state index in [2.05, 4.69) is 19.7 Å². The lowest BCUT2D eigenvalue weighted by Gasteiger charge is -2.24. The lowest BCUT2D eigenvalue weighted by atomic mass is 10.5. The van der Waals surface area contributed by atoms with Gasteiger partial charge in [0, 0.05) is 0 Å². The van der Waals surface area contributed by atoms with Gasteiger partial charge in [-0.3, -0.25) is 4.55 Å². The zero-order valence-corrected chi connectivity index (χ0v) is 8.20. The van der Waals surface area contributed by atoms with Gasteiger partial charge >= 0.3 is 0 Å². The molecular weight excluding hydrogens is 190 g/mol. The molecule has 0 aliphatic heterocycles. The molecule has 1 N–H and O–H groups in total.